The summed E-state index contributed by atoms with van der Waals surface area (Å²) in [5, 5.41) is 16.4. The lowest BCUT2D eigenvalue weighted by Gasteiger charge is -2.17. The first-order valence-corrected chi connectivity index (χ1v) is 16.8. The van der Waals surface area contributed by atoms with Gasteiger partial charge in [0.2, 0.25) is 20.0 Å². The molecule has 2 heterocycles. The van der Waals surface area contributed by atoms with Gasteiger partial charge in [-0.2, -0.15) is 20.4 Å². The van der Waals surface area contributed by atoms with Crippen molar-refractivity contribution in [3.05, 3.63) is 119 Å². The van der Waals surface area contributed by atoms with Crippen molar-refractivity contribution < 1.29 is 26.3 Å². The molecule has 0 saturated heterocycles. The van der Waals surface area contributed by atoms with Crippen LogP contribution < -0.4 is 18.9 Å². The number of sulfonamides is 2. The molecule has 12 nitrogen and oxygen atoms in total. The molecule has 2 aliphatic heterocycles. The fourth-order valence-corrected chi connectivity index (χ4v) is 6.87. The lowest BCUT2D eigenvalue weighted by Crippen LogP contribution is -2.36. The average molecular weight is 659 g/mol. The topological polar surface area (TPSA) is 160 Å². The predicted molar refractivity (Wildman–Crippen MR) is 178 cm³/mol. The number of ether oxygens (including phenoxy) is 2. The lowest BCUT2D eigenvalue weighted by atomic mass is 10.1. The molecule has 6 rings (SSSR count). The van der Waals surface area contributed by atoms with Crippen LogP contribution in [-0.2, 0) is 20.0 Å². The number of methoxy groups -OCH3 is 2. The highest BCUT2D eigenvalue weighted by Gasteiger charge is 2.27. The van der Waals surface area contributed by atoms with Crippen molar-refractivity contribution in [1.82, 2.24) is 9.44 Å². The van der Waals surface area contributed by atoms with Gasteiger partial charge in [-0.25, -0.2) is 26.3 Å². The van der Waals surface area contributed by atoms with E-state index in [0.29, 0.717) is 22.6 Å². The van der Waals surface area contributed by atoms with Crippen molar-refractivity contribution in [3.8, 4) is 11.5 Å². The van der Waals surface area contributed by atoms with E-state index >= 15 is 0 Å². The van der Waals surface area contributed by atoms with E-state index in [1.165, 1.54) is 0 Å². The molecule has 0 aromatic heterocycles. The monoisotopic (exact) mass is 658 g/mol. The Balaban J connectivity index is 0.000000181. The molecule has 4 aromatic carbocycles. The molecule has 0 atom stereocenters. The minimum absolute atomic E-state index is 0.124. The summed E-state index contributed by atoms with van der Waals surface area (Å²) in [5.41, 5.74) is 4.08. The van der Waals surface area contributed by atoms with E-state index in [1.807, 2.05) is 48.5 Å². The SMILES string of the molecule is COc1ccc(/C=N/N=C2\CNS(=O)(=O)c3ccccc32)cc1.COc1ccc(/C=N/N=C2\CNS(=O)(=O)c3ccccc32)cc1. The lowest BCUT2D eigenvalue weighted by molar-refractivity contribution is 0.414. The Bertz CT molecular complexity index is 1890. The molecule has 0 spiro atoms. The first-order valence-electron chi connectivity index (χ1n) is 13.9. The first kappa shape index (κ1) is 32.4. The van der Waals surface area contributed by atoms with E-state index in [9.17, 15) is 16.8 Å². The number of hydrogen-bond acceptors (Lipinski definition) is 10. The third kappa shape index (κ3) is 7.79. The average Bonchev–Trinajstić information content (AvgIpc) is 3.08. The van der Waals surface area contributed by atoms with Crippen LogP contribution in [0.2, 0.25) is 0 Å². The van der Waals surface area contributed by atoms with Gasteiger partial charge in [0.05, 0.1) is 61.0 Å². The fourth-order valence-electron chi connectivity index (χ4n) is 4.44. The van der Waals surface area contributed by atoms with Crippen molar-refractivity contribution >= 4 is 43.9 Å². The smallest absolute Gasteiger partial charge is 0.241 e. The van der Waals surface area contributed by atoms with E-state index in [-0.39, 0.29) is 22.9 Å². The second-order valence-electron chi connectivity index (χ2n) is 9.77. The maximum Gasteiger partial charge on any atom is 0.241 e. The molecule has 0 saturated carbocycles. The Hall–Kier alpha value is -5.02. The number of rotatable bonds is 6. The van der Waals surface area contributed by atoms with Crippen molar-refractivity contribution in [3.63, 3.8) is 0 Å². The van der Waals surface area contributed by atoms with Crippen molar-refractivity contribution in [1.29, 1.82) is 0 Å². The quantitative estimate of drug-likeness (QED) is 0.238. The zero-order valence-electron chi connectivity index (χ0n) is 24.9. The van der Waals surface area contributed by atoms with Crippen LogP contribution in [0.4, 0.5) is 0 Å². The maximum absolute atomic E-state index is 12.0. The molecule has 0 bridgehead atoms. The summed E-state index contributed by atoms with van der Waals surface area (Å²) in [4.78, 5) is 0.453. The zero-order valence-corrected chi connectivity index (χ0v) is 26.5. The molecule has 4 aromatic rings. The van der Waals surface area contributed by atoms with Gasteiger partial charge in [-0.05, 0) is 71.8 Å². The minimum atomic E-state index is -3.46. The van der Waals surface area contributed by atoms with E-state index < -0.39 is 20.0 Å². The second-order valence-corrected chi connectivity index (χ2v) is 13.2. The van der Waals surface area contributed by atoms with Gasteiger partial charge in [-0.3, -0.25) is 0 Å². The molecule has 46 heavy (non-hydrogen) atoms. The molecular formula is C32H30N6O6S2. The molecule has 0 amide bonds. The van der Waals surface area contributed by atoms with Crippen LogP contribution in [0.25, 0.3) is 0 Å². The predicted octanol–water partition coefficient (Wildman–Crippen LogP) is 3.62. The van der Waals surface area contributed by atoms with Gasteiger partial charge < -0.3 is 9.47 Å². The number of nitrogens with zero attached hydrogens (tertiary/aromatic N) is 4. The molecule has 236 valence electrons. The van der Waals surface area contributed by atoms with Crippen LogP contribution in [0.3, 0.4) is 0 Å². The van der Waals surface area contributed by atoms with Crippen molar-refractivity contribution in [2.45, 2.75) is 9.79 Å². The van der Waals surface area contributed by atoms with Gasteiger partial charge in [0.15, 0.2) is 0 Å². The summed E-state index contributed by atoms with van der Waals surface area (Å²) in [5.74, 6) is 1.54. The van der Waals surface area contributed by atoms with Crippen LogP contribution in [0, 0.1) is 0 Å². The molecular weight excluding hydrogens is 629 g/mol. The molecule has 14 heteroatoms. The zero-order chi connectivity index (χ0) is 32.6. The second kappa shape index (κ2) is 14.4. The molecule has 0 aliphatic carbocycles. The standard InChI is InChI=1S/2C16H15N3O3S/c2*1-22-13-8-6-12(7-9-13)10-17-19-15-11-18-23(20,21)16-5-3-2-4-14(15)16/h2*2-10,18H,11H2,1H3/b2*17-10+,19-15+. The van der Waals surface area contributed by atoms with E-state index in [2.05, 4.69) is 29.8 Å². The van der Waals surface area contributed by atoms with Gasteiger partial charge in [0.1, 0.15) is 11.5 Å². The van der Waals surface area contributed by atoms with Gasteiger partial charge in [-0.15, -0.1) is 0 Å². The van der Waals surface area contributed by atoms with Crippen LogP contribution in [0.15, 0.2) is 127 Å². The van der Waals surface area contributed by atoms with Gasteiger partial charge >= 0.3 is 0 Å². The normalized spacial score (nSPS) is 18.0. The van der Waals surface area contributed by atoms with Gasteiger partial charge in [0, 0.05) is 11.1 Å². The van der Waals surface area contributed by atoms with Gasteiger partial charge in [-0.1, -0.05) is 36.4 Å². The van der Waals surface area contributed by atoms with E-state index in [4.69, 9.17) is 9.47 Å². The Labute approximate surface area is 267 Å². The van der Waals surface area contributed by atoms with Crippen molar-refractivity contribution in [2.24, 2.45) is 20.4 Å². The van der Waals surface area contributed by atoms with E-state index in [1.54, 1.807) is 75.2 Å². The Kier molecular flexibility index (Phi) is 10.1. The maximum atomic E-state index is 12.0. The van der Waals surface area contributed by atoms with Crippen LogP contribution in [0.1, 0.15) is 22.3 Å². The molecule has 2 aliphatic rings. The summed E-state index contributed by atoms with van der Waals surface area (Å²) in [6.07, 6.45) is 3.22. The Morgan fingerprint density at radius 2 is 0.935 bits per heavy atom. The Morgan fingerprint density at radius 3 is 1.30 bits per heavy atom. The third-order valence-electron chi connectivity index (χ3n) is 6.84. The van der Waals surface area contributed by atoms with Crippen LogP contribution in [0.5, 0.6) is 11.5 Å². The number of benzene rings is 4. The minimum Gasteiger partial charge on any atom is -0.497 e. The van der Waals surface area contributed by atoms with Crippen LogP contribution >= 0.6 is 0 Å². The van der Waals surface area contributed by atoms with Crippen LogP contribution in [-0.4, -0.2) is 68.0 Å². The molecule has 0 fully saturated rings. The van der Waals surface area contributed by atoms with E-state index in [0.717, 1.165) is 22.6 Å². The highest BCUT2D eigenvalue weighted by Crippen LogP contribution is 2.21. The summed E-state index contributed by atoms with van der Waals surface area (Å²) in [7, 11) is -3.70. The number of fused-ring (bicyclic) bond motifs is 2. The van der Waals surface area contributed by atoms with Crippen molar-refractivity contribution in [2.75, 3.05) is 27.3 Å². The summed E-state index contributed by atoms with van der Waals surface area (Å²) in [6, 6.07) is 28.3. The third-order valence-corrected chi connectivity index (χ3v) is 9.76. The molecule has 2 N–H and O–H groups in total. The largest absolute Gasteiger partial charge is 0.497 e. The summed E-state index contributed by atoms with van der Waals surface area (Å²) < 4.78 is 63.0. The van der Waals surface area contributed by atoms with Gasteiger partial charge in [0.25, 0.3) is 0 Å². The summed E-state index contributed by atoms with van der Waals surface area (Å²) >= 11 is 0. The Morgan fingerprint density at radius 1 is 0.565 bits per heavy atom. The molecule has 0 radical (unpaired) electrons. The highest BCUT2D eigenvalue weighted by atomic mass is 32.2. The number of nitrogens with one attached hydrogen (secondary N) is 2. The molecule has 0 unspecified atom stereocenters. The highest BCUT2D eigenvalue weighted by molar-refractivity contribution is 7.90. The first-order chi connectivity index (χ1) is 22.2. The summed E-state index contributed by atoms with van der Waals surface area (Å²) in [6.45, 7) is 0.249. The fraction of sp³-hybridized carbons (Fsp3) is 0.125. The number of hydrogen-bond donors (Lipinski definition) is 2.